The number of hydrogen-bond acceptors (Lipinski definition) is 1. The van der Waals surface area contributed by atoms with E-state index < -0.39 is 0 Å². The van der Waals surface area contributed by atoms with Gasteiger partial charge in [-0.1, -0.05) is 0 Å². The Hall–Kier alpha value is -0.680. The monoisotopic (exact) mass is 318 g/mol. The van der Waals surface area contributed by atoms with Gasteiger partial charge in [-0.2, -0.15) is 0 Å². The highest BCUT2D eigenvalue weighted by Crippen LogP contribution is 2.19. The van der Waals surface area contributed by atoms with Gasteiger partial charge in [0.2, 0.25) is 0 Å². The molecule has 1 aromatic heterocycles. The van der Waals surface area contributed by atoms with Crippen LogP contribution in [0.1, 0.15) is 0 Å². The Labute approximate surface area is 97.0 Å². The number of imidazole rings is 1. The Kier molecular flexibility index (Phi) is 2.69. The zero-order valence-corrected chi connectivity index (χ0v) is 10.1. The second kappa shape index (κ2) is 3.82. The fourth-order valence-corrected chi connectivity index (χ4v) is 1.64. The standard InChI is InChI=1S/C9H5Br2FN2/c10-7-2-1-6(3-8(7)12)14-4-9(11)13-5-14/h1-5H. The number of nitrogens with zero attached hydrogens (tertiary/aromatic N) is 2. The first kappa shape index (κ1) is 9.86. The van der Waals surface area contributed by atoms with Crippen LogP contribution in [-0.4, -0.2) is 9.55 Å². The molecule has 0 N–H and O–H groups in total. The topological polar surface area (TPSA) is 17.8 Å². The van der Waals surface area contributed by atoms with Gasteiger partial charge in [0.15, 0.2) is 0 Å². The number of aromatic nitrogens is 2. The molecule has 2 nitrogen and oxygen atoms in total. The molecule has 0 bridgehead atoms. The number of halogens is 3. The van der Waals surface area contributed by atoms with E-state index >= 15 is 0 Å². The smallest absolute Gasteiger partial charge is 0.139 e. The summed E-state index contributed by atoms with van der Waals surface area (Å²) in [6.07, 6.45) is 3.38. The summed E-state index contributed by atoms with van der Waals surface area (Å²) in [5, 5.41) is 0. The molecule has 0 unspecified atom stereocenters. The molecule has 5 heteroatoms. The van der Waals surface area contributed by atoms with Gasteiger partial charge in [-0.25, -0.2) is 9.37 Å². The first-order chi connectivity index (χ1) is 6.66. The van der Waals surface area contributed by atoms with Crippen molar-refractivity contribution in [2.75, 3.05) is 0 Å². The molecule has 0 spiro atoms. The van der Waals surface area contributed by atoms with Crippen molar-refractivity contribution in [2.24, 2.45) is 0 Å². The van der Waals surface area contributed by atoms with Crippen LogP contribution in [0, 0.1) is 5.82 Å². The van der Waals surface area contributed by atoms with Gasteiger partial charge < -0.3 is 4.57 Å². The van der Waals surface area contributed by atoms with Gasteiger partial charge in [0.25, 0.3) is 0 Å². The molecule has 1 heterocycles. The minimum absolute atomic E-state index is 0.285. The summed E-state index contributed by atoms with van der Waals surface area (Å²) < 4.78 is 16.1. The summed E-state index contributed by atoms with van der Waals surface area (Å²) in [7, 11) is 0. The van der Waals surface area contributed by atoms with Crippen molar-refractivity contribution in [3.05, 3.63) is 45.6 Å². The zero-order valence-electron chi connectivity index (χ0n) is 6.92. The van der Waals surface area contributed by atoms with Gasteiger partial charge in [-0.3, -0.25) is 0 Å². The molecule has 0 saturated carbocycles. The van der Waals surface area contributed by atoms with Crippen LogP contribution in [-0.2, 0) is 0 Å². The average Bonchev–Trinajstić information content (AvgIpc) is 2.57. The van der Waals surface area contributed by atoms with E-state index in [1.54, 1.807) is 29.2 Å². The van der Waals surface area contributed by atoms with Crippen molar-refractivity contribution in [3.8, 4) is 5.69 Å². The van der Waals surface area contributed by atoms with Crippen LogP contribution >= 0.6 is 31.9 Å². The third-order valence-electron chi connectivity index (χ3n) is 1.75. The highest BCUT2D eigenvalue weighted by molar-refractivity contribution is 9.10. The molecule has 72 valence electrons. The molecule has 2 aromatic rings. The molecule has 0 radical (unpaired) electrons. The molecule has 0 amide bonds. The zero-order chi connectivity index (χ0) is 10.1. The highest BCUT2D eigenvalue weighted by atomic mass is 79.9. The lowest BCUT2D eigenvalue weighted by Crippen LogP contribution is -1.90. The van der Waals surface area contributed by atoms with Crippen molar-refractivity contribution in [1.29, 1.82) is 0 Å². The van der Waals surface area contributed by atoms with Crippen molar-refractivity contribution >= 4 is 31.9 Å². The molecule has 14 heavy (non-hydrogen) atoms. The van der Waals surface area contributed by atoms with Crippen LogP contribution in [0.5, 0.6) is 0 Å². The van der Waals surface area contributed by atoms with E-state index in [0.29, 0.717) is 4.47 Å². The lowest BCUT2D eigenvalue weighted by atomic mass is 10.3. The minimum Gasteiger partial charge on any atom is -0.305 e. The summed E-state index contributed by atoms with van der Waals surface area (Å²) in [6, 6.07) is 4.91. The Morgan fingerprint density at radius 1 is 1.29 bits per heavy atom. The molecule has 0 saturated heterocycles. The summed E-state index contributed by atoms with van der Waals surface area (Å²) in [5.74, 6) is -0.285. The van der Waals surface area contributed by atoms with Crippen molar-refractivity contribution in [1.82, 2.24) is 9.55 Å². The van der Waals surface area contributed by atoms with Gasteiger partial charge >= 0.3 is 0 Å². The number of hydrogen-bond donors (Lipinski definition) is 0. The maximum Gasteiger partial charge on any atom is 0.139 e. The van der Waals surface area contributed by atoms with Crippen LogP contribution < -0.4 is 0 Å². The summed E-state index contributed by atoms with van der Waals surface area (Å²) >= 11 is 6.33. The number of benzene rings is 1. The van der Waals surface area contributed by atoms with Gasteiger partial charge in [-0.05, 0) is 50.1 Å². The third-order valence-corrected chi connectivity index (χ3v) is 2.81. The highest BCUT2D eigenvalue weighted by Gasteiger charge is 2.02. The van der Waals surface area contributed by atoms with Gasteiger partial charge in [-0.15, -0.1) is 0 Å². The van der Waals surface area contributed by atoms with Crippen molar-refractivity contribution in [2.45, 2.75) is 0 Å². The van der Waals surface area contributed by atoms with E-state index in [9.17, 15) is 4.39 Å². The van der Waals surface area contributed by atoms with E-state index in [1.165, 1.54) is 6.07 Å². The molecule has 1 aromatic carbocycles. The largest absolute Gasteiger partial charge is 0.305 e. The lowest BCUT2D eigenvalue weighted by molar-refractivity contribution is 0.620. The minimum atomic E-state index is -0.285. The second-order valence-electron chi connectivity index (χ2n) is 2.70. The first-order valence-corrected chi connectivity index (χ1v) is 5.40. The summed E-state index contributed by atoms with van der Waals surface area (Å²) in [4.78, 5) is 3.99. The van der Waals surface area contributed by atoms with Crippen LogP contribution in [0.4, 0.5) is 4.39 Å². The van der Waals surface area contributed by atoms with E-state index in [2.05, 4.69) is 36.8 Å². The van der Waals surface area contributed by atoms with Crippen LogP contribution in [0.15, 0.2) is 39.8 Å². The Morgan fingerprint density at radius 2 is 2.07 bits per heavy atom. The van der Waals surface area contributed by atoms with E-state index in [1.807, 2.05) is 0 Å². The maximum absolute atomic E-state index is 13.2. The van der Waals surface area contributed by atoms with Gasteiger partial charge in [0.05, 0.1) is 4.47 Å². The predicted molar refractivity (Wildman–Crippen MR) is 58.9 cm³/mol. The molecule has 0 fully saturated rings. The van der Waals surface area contributed by atoms with E-state index in [-0.39, 0.29) is 5.82 Å². The SMILES string of the molecule is Fc1cc(-n2cnc(Br)c2)ccc1Br. The van der Waals surface area contributed by atoms with Gasteiger partial charge in [0.1, 0.15) is 16.7 Å². The fraction of sp³-hybridized carbons (Fsp3) is 0. The maximum atomic E-state index is 13.2. The average molecular weight is 320 g/mol. The van der Waals surface area contributed by atoms with Crippen LogP contribution in [0.2, 0.25) is 0 Å². The van der Waals surface area contributed by atoms with Crippen LogP contribution in [0.3, 0.4) is 0 Å². The molecule has 2 rings (SSSR count). The lowest BCUT2D eigenvalue weighted by Gasteiger charge is -2.02. The summed E-state index contributed by atoms with van der Waals surface area (Å²) in [6.45, 7) is 0. The molecule has 0 aliphatic carbocycles. The van der Waals surface area contributed by atoms with Crippen molar-refractivity contribution < 1.29 is 4.39 Å². The summed E-state index contributed by atoms with van der Waals surface area (Å²) in [5.41, 5.74) is 0.740. The fourth-order valence-electron chi connectivity index (χ4n) is 1.09. The third kappa shape index (κ3) is 1.88. The molecule has 0 atom stereocenters. The Balaban J connectivity index is 2.47. The second-order valence-corrected chi connectivity index (χ2v) is 4.37. The van der Waals surface area contributed by atoms with E-state index in [4.69, 9.17) is 0 Å². The molecular formula is C9H5Br2FN2. The Bertz CT molecular complexity index is 468. The van der Waals surface area contributed by atoms with E-state index in [0.717, 1.165) is 10.3 Å². The molecule has 0 aliphatic heterocycles. The predicted octanol–water partition coefficient (Wildman–Crippen LogP) is 3.54. The number of rotatable bonds is 1. The first-order valence-electron chi connectivity index (χ1n) is 3.82. The Morgan fingerprint density at radius 3 is 2.64 bits per heavy atom. The van der Waals surface area contributed by atoms with Crippen molar-refractivity contribution in [3.63, 3.8) is 0 Å². The van der Waals surface area contributed by atoms with Gasteiger partial charge in [0, 0.05) is 11.9 Å². The molecular weight excluding hydrogens is 315 g/mol. The van der Waals surface area contributed by atoms with Crippen LogP contribution in [0.25, 0.3) is 5.69 Å². The quantitative estimate of drug-likeness (QED) is 0.786. The normalized spacial score (nSPS) is 10.5. The molecule has 0 aliphatic rings.